The number of amides is 1. The molecule has 0 radical (unpaired) electrons. The fourth-order valence-corrected chi connectivity index (χ4v) is 2.96. The van der Waals surface area contributed by atoms with Crippen LogP contribution in [0.25, 0.3) is 0 Å². The van der Waals surface area contributed by atoms with Crippen molar-refractivity contribution >= 4 is 5.91 Å². The van der Waals surface area contributed by atoms with Crippen LogP contribution in [0.15, 0.2) is 0 Å². The molecule has 0 aromatic heterocycles. The van der Waals surface area contributed by atoms with Crippen molar-refractivity contribution in [3.63, 3.8) is 0 Å². The predicted molar refractivity (Wildman–Crippen MR) is 85.7 cm³/mol. The van der Waals surface area contributed by atoms with Crippen LogP contribution in [0, 0.1) is 11.3 Å². The Morgan fingerprint density at radius 2 is 1.75 bits per heavy atom. The molecule has 0 aromatic rings. The molecule has 1 atom stereocenters. The fourth-order valence-electron chi connectivity index (χ4n) is 2.96. The van der Waals surface area contributed by atoms with E-state index in [1.54, 1.807) is 0 Å². The molecule has 118 valence electrons. The van der Waals surface area contributed by atoms with E-state index >= 15 is 0 Å². The third-order valence-electron chi connectivity index (χ3n) is 3.88. The Hall–Kier alpha value is -0.570. The number of rotatable bonds is 6. The van der Waals surface area contributed by atoms with Crippen LogP contribution in [0.2, 0.25) is 0 Å². The Balaban J connectivity index is 2.45. The van der Waals surface area contributed by atoms with Gasteiger partial charge in [0.25, 0.3) is 0 Å². The monoisotopic (exact) mass is 282 g/mol. The first-order valence-electron chi connectivity index (χ1n) is 8.28. The number of hydrogen-bond acceptors (Lipinski definition) is 2. The summed E-state index contributed by atoms with van der Waals surface area (Å²) in [5, 5.41) is 3.16. The Kier molecular flexibility index (Phi) is 7.01. The lowest BCUT2D eigenvalue weighted by atomic mass is 9.92. The van der Waals surface area contributed by atoms with Crippen molar-refractivity contribution in [2.45, 2.75) is 72.8 Å². The maximum absolute atomic E-state index is 12.0. The highest BCUT2D eigenvalue weighted by Crippen LogP contribution is 2.19. The van der Waals surface area contributed by atoms with Crippen LogP contribution in [0.5, 0.6) is 0 Å². The summed E-state index contributed by atoms with van der Waals surface area (Å²) in [5.41, 5.74) is 0.0722. The van der Waals surface area contributed by atoms with Gasteiger partial charge in [-0.05, 0) is 43.7 Å². The van der Waals surface area contributed by atoms with E-state index in [-0.39, 0.29) is 11.3 Å². The minimum absolute atomic E-state index is 0.0722. The minimum atomic E-state index is 0.0722. The van der Waals surface area contributed by atoms with E-state index in [0.717, 1.165) is 6.54 Å². The number of nitrogens with one attached hydrogen (secondary N) is 1. The van der Waals surface area contributed by atoms with Crippen molar-refractivity contribution in [2.24, 2.45) is 11.3 Å². The van der Waals surface area contributed by atoms with Crippen LogP contribution < -0.4 is 5.32 Å². The molecule has 1 amide bonds. The predicted octanol–water partition coefficient (Wildman–Crippen LogP) is 3.44. The second kappa shape index (κ2) is 8.02. The first kappa shape index (κ1) is 17.5. The highest BCUT2D eigenvalue weighted by atomic mass is 16.1. The normalized spacial score (nSPS) is 19.1. The smallest absolute Gasteiger partial charge is 0.220 e. The van der Waals surface area contributed by atoms with Crippen molar-refractivity contribution < 1.29 is 4.79 Å². The Morgan fingerprint density at radius 3 is 2.25 bits per heavy atom. The summed E-state index contributed by atoms with van der Waals surface area (Å²) in [4.78, 5) is 14.6. The Bertz CT molecular complexity index is 288. The van der Waals surface area contributed by atoms with Crippen LogP contribution in [-0.2, 0) is 4.79 Å². The first-order chi connectivity index (χ1) is 9.28. The maximum Gasteiger partial charge on any atom is 0.220 e. The Labute approximate surface area is 125 Å². The van der Waals surface area contributed by atoms with Crippen molar-refractivity contribution in [1.29, 1.82) is 0 Å². The topological polar surface area (TPSA) is 32.3 Å². The zero-order valence-electron chi connectivity index (χ0n) is 14.2. The van der Waals surface area contributed by atoms with Gasteiger partial charge in [-0.1, -0.05) is 41.0 Å². The zero-order valence-corrected chi connectivity index (χ0v) is 14.2. The van der Waals surface area contributed by atoms with Crippen LogP contribution in [0.4, 0.5) is 0 Å². The summed E-state index contributed by atoms with van der Waals surface area (Å²) < 4.78 is 0. The maximum atomic E-state index is 12.0. The molecule has 0 spiro atoms. The van der Waals surface area contributed by atoms with Gasteiger partial charge in [0.1, 0.15) is 0 Å². The van der Waals surface area contributed by atoms with Crippen molar-refractivity contribution in [3.8, 4) is 0 Å². The van der Waals surface area contributed by atoms with Gasteiger partial charge < -0.3 is 5.32 Å². The van der Waals surface area contributed by atoms with E-state index in [1.165, 1.54) is 38.8 Å². The first-order valence-corrected chi connectivity index (χ1v) is 8.28. The van der Waals surface area contributed by atoms with Gasteiger partial charge >= 0.3 is 0 Å². The second-order valence-corrected chi connectivity index (χ2v) is 7.92. The van der Waals surface area contributed by atoms with Crippen LogP contribution in [0.1, 0.15) is 66.7 Å². The van der Waals surface area contributed by atoms with Gasteiger partial charge in [0.15, 0.2) is 0 Å². The quantitative estimate of drug-likeness (QED) is 0.809. The van der Waals surface area contributed by atoms with Crippen LogP contribution in [-0.4, -0.2) is 36.5 Å². The molecule has 1 N–H and O–H groups in total. The fraction of sp³-hybridized carbons (Fsp3) is 0.941. The lowest BCUT2D eigenvalue weighted by Crippen LogP contribution is -2.47. The average Bonchev–Trinajstić information content (AvgIpc) is 2.33. The molecule has 1 fully saturated rings. The van der Waals surface area contributed by atoms with Gasteiger partial charge in [-0.2, -0.15) is 0 Å². The van der Waals surface area contributed by atoms with Crippen LogP contribution in [0.3, 0.4) is 0 Å². The molecule has 3 nitrogen and oxygen atoms in total. The van der Waals surface area contributed by atoms with Gasteiger partial charge in [-0.15, -0.1) is 0 Å². The summed E-state index contributed by atoms with van der Waals surface area (Å²) in [5.74, 6) is 0.879. The average molecular weight is 282 g/mol. The SMILES string of the molecule is CC(C)CC(CNC(=O)CC(C)(C)C)N1CCCCC1. The summed E-state index contributed by atoms with van der Waals surface area (Å²) in [7, 11) is 0. The summed E-state index contributed by atoms with van der Waals surface area (Å²) in [6.45, 7) is 14.1. The minimum Gasteiger partial charge on any atom is -0.355 e. The highest BCUT2D eigenvalue weighted by molar-refractivity contribution is 5.76. The standard InChI is InChI=1S/C17H34N2O/c1-14(2)11-15(19-9-7-6-8-10-19)13-18-16(20)12-17(3,4)5/h14-15H,6-13H2,1-5H3,(H,18,20). The van der Waals surface area contributed by atoms with Gasteiger partial charge in [0.2, 0.25) is 5.91 Å². The summed E-state index contributed by atoms with van der Waals surface area (Å²) in [6.07, 6.45) is 5.77. The number of carbonyl (C=O) groups excluding carboxylic acids is 1. The summed E-state index contributed by atoms with van der Waals surface area (Å²) in [6, 6.07) is 0.513. The molecule has 0 aliphatic carbocycles. The van der Waals surface area contributed by atoms with Crippen molar-refractivity contribution in [2.75, 3.05) is 19.6 Å². The molecule has 20 heavy (non-hydrogen) atoms. The zero-order chi connectivity index (χ0) is 15.2. The Morgan fingerprint density at radius 1 is 1.15 bits per heavy atom. The summed E-state index contributed by atoms with van der Waals surface area (Å²) >= 11 is 0. The molecular weight excluding hydrogens is 248 g/mol. The van der Waals surface area contributed by atoms with Gasteiger partial charge in [0.05, 0.1) is 0 Å². The van der Waals surface area contributed by atoms with E-state index in [0.29, 0.717) is 18.4 Å². The van der Waals surface area contributed by atoms with Crippen molar-refractivity contribution in [3.05, 3.63) is 0 Å². The molecule has 1 heterocycles. The van der Waals surface area contributed by atoms with E-state index < -0.39 is 0 Å². The molecule has 1 aliphatic rings. The molecule has 3 heteroatoms. The van der Waals surface area contributed by atoms with Gasteiger partial charge in [-0.25, -0.2) is 0 Å². The molecular formula is C17H34N2O. The molecule has 1 rings (SSSR count). The van der Waals surface area contributed by atoms with E-state index in [1.807, 2.05) is 0 Å². The van der Waals surface area contributed by atoms with E-state index in [9.17, 15) is 4.79 Å². The number of carbonyl (C=O) groups is 1. The number of nitrogens with zero attached hydrogens (tertiary/aromatic N) is 1. The molecule has 0 bridgehead atoms. The highest BCUT2D eigenvalue weighted by Gasteiger charge is 2.23. The number of piperidine rings is 1. The van der Waals surface area contributed by atoms with Crippen molar-refractivity contribution in [1.82, 2.24) is 10.2 Å². The van der Waals surface area contributed by atoms with E-state index in [4.69, 9.17) is 0 Å². The molecule has 1 aliphatic heterocycles. The third-order valence-corrected chi connectivity index (χ3v) is 3.88. The second-order valence-electron chi connectivity index (χ2n) is 7.92. The molecule has 0 aromatic carbocycles. The van der Waals surface area contributed by atoms with Gasteiger partial charge in [0, 0.05) is 19.0 Å². The lowest BCUT2D eigenvalue weighted by molar-refractivity contribution is -0.123. The number of hydrogen-bond donors (Lipinski definition) is 1. The lowest BCUT2D eigenvalue weighted by Gasteiger charge is -2.35. The molecule has 0 saturated carbocycles. The van der Waals surface area contributed by atoms with Crippen LogP contribution >= 0.6 is 0 Å². The number of likely N-dealkylation sites (tertiary alicyclic amines) is 1. The largest absolute Gasteiger partial charge is 0.355 e. The molecule has 1 saturated heterocycles. The van der Waals surface area contributed by atoms with E-state index in [2.05, 4.69) is 44.8 Å². The van der Waals surface area contributed by atoms with Gasteiger partial charge in [-0.3, -0.25) is 9.69 Å². The third kappa shape index (κ3) is 7.28. The molecule has 1 unspecified atom stereocenters.